The number of nitrogens with zero attached hydrogens (tertiary/aromatic N) is 2. The van der Waals surface area contributed by atoms with Gasteiger partial charge >= 0.3 is 0 Å². The number of hydrogen-bond donors (Lipinski definition) is 2. The first-order valence-corrected chi connectivity index (χ1v) is 6.29. The number of aromatic nitrogens is 2. The average molecular weight is 222 g/mol. The van der Waals surface area contributed by atoms with Crippen LogP contribution in [0, 0.1) is 0 Å². The molecule has 0 aliphatic carbocycles. The molecule has 1 aliphatic rings. The van der Waals surface area contributed by atoms with Crippen molar-refractivity contribution in [3.8, 4) is 0 Å². The molecule has 1 atom stereocenters. The summed E-state index contributed by atoms with van der Waals surface area (Å²) >= 11 is 0. The molecular formula is C12H22N4. The summed E-state index contributed by atoms with van der Waals surface area (Å²) in [5.41, 5.74) is 2.40. The first-order chi connectivity index (χ1) is 7.79. The minimum absolute atomic E-state index is 0.601. The van der Waals surface area contributed by atoms with Gasteiger partial charge in [-0.1, -0.05) is 6.92 Å². The Bertz CT molecular complexity index is 324. The van der Waals surface area contributed by atoms with Crippen molar-refractivity contribution >= 4 is 5.69 Å². The van der Waals surface area contributed by atoms with Crippen LogP contribution >= 0.6 is 0 Å². The van der Waals surface area contributed by atoms with Gasteiger partial charge in [0.2, 0.25) is 0 Å². The summed E-state index contributed by atoms with van der Waals surface area (Å²) in [4.78, 5) is 0. The van der Waals surface area contributed by atoms with E-state index < -0.39 is 0 Å². The predicted molar refractivity (Wildman–Crippen MR) is 66.7 cm³/mol. The van der Waals surface area contributed by atoms with Crippen molar-refractivity contribution in [1.29, 1.82) is 0 Å². The Hall–Kier alpha value is -1.03. The maximum atomic E-state index is 4.46. The van der Waals surface area contributed by atoms with Gasteiger partial charge in [0.05, 0.1) is 11.4 Å². The molecule has 2 rings (SSSR count). The number of nitrogens with one attached hydrogen (secondary N) is 2. The Morgan fingerprint density at radius 3 is 3.19 bits per heavy atom. The highest BCUT2D eigenvalue weighted by Crippen LogP contribution is 2.18. The average Bonchev–Trinajstić information content (AvgIpc) is 2.49. The van der Waals surface area contributed by atoms with Gasteiger partial charge in [-0.05, 0) is 38.8 Å². The Morgan fingerprint density at radius 1 is 1.50 bits per heavy atom. The third kappa shape index (κ3) is 2.76. The Morgan fingerprint density at radius 2 is 2.38 bits per heavy atom. The van der Waals surface area contributed by atoms with E-state index in [-0.39, 0.29) is 0 Å². The van der Waals surface area contributed by atoms with Crippen molar-refractivity contribution in [2.75, 3.05) is 18.4 Å². The summed E-state index contributed by atoms with van der Waals surface area (Å²) < 4.78 is 1.90. The lowest BCUT2D eigenvalue weighted by molar-refractivity contribution is 0.636. The summed E-state index contributed by atoms with van der Waals surface area (Å²) in [6.45, 7) is 4.44. The summed E-state index contributed by atoms with van der Waals surface area (Å²) in [5.74, 6) is 0. The zero-order chi connectivity index (χ0) is 11.4. The SMILES string of the molecule is CCc1nn(C)cc1NC1CCCNCC1. The molecule has 1 aliphatic heterocycles. The maximum Gasteiger partial charge on any atom is 0.0853 e. The van der Waals surface area contributed by atoms with Crippen molar-refractivity contribution in [1.82, 2.24) is 15.1 Å². The van der Waals surface area contributed by atoms with Crippen LogP contribution in [-0.2, 0) is 13.5 Å². The lowest BCUT2D eigenvalue weighted by Crippen LogP contribution is -2.21. The number of aryl methyl sites for hydroxylation is 2. The van der Waals surface area contributed by atoms with Crippen LogP contribution in [0.2, 0.25) is 0 Å². The number of hydrogen-bond acceptors (Lipinski definition) is 3. The third-order valence-electron chi connectivity index (χ3n) is 3.18. The fraction of sp³-hybridized carbons (Fsp3) is 0.750. The van der Waals surface area contributed by atoms with Crippen molar-refractivity contribution in [2.24, 2.45) is 7.05 Å². The molecule has 90 valence electrons. The molecule has 0 bridgehead atoms. The summed E-state index contributed by atoms with van der Waals surface area (Å²) in [5, 5.41) is 11.5. The molecule has 2 N–H and O–H groups in total. The van der Waals surface area contributed by atoms with Gasteiger partial charge in [-0.2, -0.15) is 5.10 Å². The van der Waals surface area contributed by atoms with Gasteiger partial charge in [0.15, 0.2) is 0 Å². The highest BCUT2D eigenvalue weighted by atomic mass is 15.3. The summed E-state index contributed by atoms with van der Waals surface area (Å²) in [6, 6.07) is 0.601. The first kappa shape index (κ1) is 11.5. The zero-order valence-corrected chi connectivity index (χ0v) is 10.3. The predicted octanol–water partition coefficient (Wildman–Crippen LogP) is 1.54. The van der Waals surface area contributed by atoms with E-state index in [9.17, 15) is 0 Å². The monoisotopic (exact) mass is 222 g/mol. The zero-order valence-electron chi connectivity index (χ0n) is 10.3. The Kier molecular flexibility index (Phi) is 3.83. The molecule has 0 aromatic carbocycles. The lowest BCUT2D eigenvalue weighted by Gasteiger charge is -2.16. The van der Waals surface area contributed by atoms with E-state index in [1.54, 1.807) is 0 Å². The van der Waals surface area contributed by atoms with Crippen LogP contribution in [-0.4, -0.2) is 28.9 Å². The van der Waals surface area contributed by atoms with E-state index in [1.165, 1.54) is 30.6 Å². The Balaban J connectivity index is 2.01. The van der Waals surface area contributed by atoms with Gasteiger partial charge in [-0.3, -0.25) is 4.68 Å². The molecule has 0 saturated carbocycles. The van der Waals surface area contributed by atoms with Crippen LogP contribution in [0.5, 0.6) is 0 Å². The highest BCUT2D eigenvalue weighted by Gasteiger charge is 2.14. The van der Waals surface area contributed by atoms with E-state index >= 15 is 0 Å². The molecule has 16 heavy (non-hydrogen) atoms. The van der Waals surface area contributed by atoms with Gasteiger partial charge in [0, 0.05) is 19.3 Å². The maximum absolute atomic E-state index is 4.46. The normalized spacial score (nSPS) is 21.8. The van der Waals surface area contributed by atoms with Crippen molar-refractivity contribution in [2.45, 2.75) is 38.6 Å². The van der Waals surface area contributed by atoms with E-state index in [1.807, 2.05) is 11.7 Å². The summed E-state index contributed by atoms with van der Waals surface area (Å²) in [6.07, 6.45) is 6.81. The minimum Gasteiger partial charge on any atom is -0.379 e. The van der Waals surface area contributed by atoms with Gasteiger partial charge in [-0.15, -0.1) is 0 Å². The quantitative estimate of drug-likeness (QED) is 0.815. The Labute approximate surface area is 97.4 Å². The highest BCUT2D eigenvalue weighted by molar-refractivity contribution is 5.47. The molecule has 0 radical (unpaired) electrons. The van der Waals surface area contributed by atoms with Gasteiger partial charge in [0.25, 0.3) is 0 Å². The molecule has 0 spiro atoms. The van der Waals surface area contributed by atoms with E-state index in [4.69, 9.17) is 0 Å². The fourth-order valence-corrected chi connectivity index (χ4v) is 2.30. The van der Waals surface area contributed by atoms with Crippen LogP contribution in [0.1, 0.15) is 31.9 Å². The lowest BCUT2D eigenvalue weighted by atomic mass is 10.1. The van der Waals surface area contributed by atoms with Gasteiger partial charge in [-0.25, -0.2) is 0 Å². The molecular weight excluding hydrogens is 200 g/mol. The molecule has 1 fully saturated rings. The molecule has 1 aromatic rings. The van der Waals surface area contributed by atoms with Crippen LogP contribution in [0.3, 0.4) is 0 Å². The second kappa shape index (κ2) is 5.34. The molecule has 1 unspecified atom stereocenters. The topological polar surface area (TPSA) is 41.9 Å². The molecule has 1 aromatic heterocycles. The van der Waals surface area contributed by atoms with Crippen LogP contribution in [0.4, 0.5) is 5.69 Å². The minimum atomic E-state index is 0.601. The number of anilines is 1. The molecule has 0 amide bonds. The largest absolute Gasteiger partial charge is 0.379 e. The third-order valence-corrected chi connectivity index (χ3v) is 3.18. The second-order valence-corrected chi connectivity index (χ2v) is 4.54. The van der Waals surface area contributed by atoms with Gasteiger partial charge < -0.3 is 10.6 Å². The van der Waals surface area contributed by atoms with Crippen molar-refractivity contribution in [3.05, 3.63) is 11.9 Å². The molecule has 4 heteroatoms. The molecule has 2 heterocycles. The standard InChI is InChI=1S/C12H22N4/c1-3-11-12(9-16(2)15-11)14-10-5-4-7-13-8-6-10/h9-10,13-14H,3-8H2,1-2H3. The van der Waals surface area contributed by atoms with Crippen LogP contribution < -0.4 is 10.6 Å². The van der Waals surface area contributed by atoms with Crippen molar-refractivity contribution in [3.63, 3.8) is 0 Å². The smallest absolute Gasteiger partial charge is 0.0853 e. The van der Waals surface area contributed by atoms with E-state index in [0.717, 1.165) is 19.5 Å². The second-order valence-electron chi connectivity index (χ2n) is 4.54. The number of rotatable bonds is 3. The van der Waals surface area contributed by atoms with E-state index in [0.29, 0.717) is 6.04 Å². The van der Waals surface area contributed by atoms with Crippen LogP contribution in [0.25, 0.3) is 0 Å². The molecule has 1 saturated heterocycles. The summed E-state index contributed by atoms with van der Waals surface area (Å²) in [7, 11) is 1.99. The van der Waals surface area contributed by atoms with Gasteiger partial charge in [0.1, 0.15) is 0 Å². The fourth-order valence-electron chi connectivity index (χ4n) is 2.30. The van der Waals surface area contributed by atoms with Crippen LogP contribution in [0.15, 0.2) is 6.20 Å². The van der Waals surface area contributed by atoms with E-state index in [2.05, 4.69) is 28.9 Å². The van der Waals surface area contributed by atoms with Crippen molar-refractivity contribution < 1.29 is 0 Å². The first-order valence-electron chi connectivity index (χ1n) is 6.29. The molecule has 4 nitrogen and oxygen atoms in total.